The quantitative estimate of drug-likeness (QED) is 0.510. The Morgan fingerprint density at radius 1 is 0.900 bits per heavy atom. The predicted octanol–water partition coefficient (Wildman–Crippen LogP) is 5.90. The Morgan fingerprint density at radius 3 is 2.20 bits per heavy atom. The van der Waals surface area contributed by atoms with Gasteiger partial charge in [-0.15, -0.1) is 0 Å². The molecule has 3 aromatic rings. The summed E-state index contributed by atoms with van der Waals surface area (Å²) in [6, 6.07) is 18.2. The number of nitrogens with one attached hydrogen (secondary N) is 1. The first-order chi connectivity index (χ1) is 14.2. The lowest BCUT2D eigenvalue weighted by Gasteiger charge is -2.18. The van der Waals surface area contributed by atoms with E-state index in [1.165, 1.54) is 36.4 Å². The van der Waals surface area contributed by atoms with Gasteiger partial charge < -0.3 is 10.1 Å². The fraction of sp³-hybridized carbons (Fsp3) is 0.0909. The third kappa shape index (κ3) is 5.39. The highest BCUT2D eigenvalue weighted by atomic mass is 35.5. The van der Waals surface area contributed by atoms with Gasteiger partial charge in [0, 0.05) is 16.3 Å². The van der Waals surface area contributed by atoms with Crippen LogP contribution in [0.2, 0.25) is 5.02 Å². The van der Waals surface area contributed by atoms with E-state index < -0.39 is 29.7 Å². The van der Waals surface area contributed by atoms with E-state index in [0.717, 1.165) is 12.1 Å². The first-order valence-electron chi connectivity index (χ1n) is 8.73. The summed E-state index contributed by atoms with van der Waals surface area (Å²) >= 11 is 5.81. The normalized spacial score (nSPS) is 12.1. The van der Waals surface area contributed by atoms with Crippen molar-refractivity contribution in [2.24, 2.45) is 0 Å². The number of ether oxygens (including phenoxy) is 1. The highest BCUT2D eigenvalue weighted by molar-refractivity contribution is 6.30. The lowest BCUT2D eigenvalue weighted by atomic mass is 10.1. The maximum Gasteiger partial charge on any atom is 0.416 e. The maximum absolute atomic E-state index is 12.9. The molecule has 0 saturated heterocycles. The fourth-order valence-electron chi connectivity index (χ4n) is 2.64. The average Bonchev–Trinajstić information content (AvgIpc) is 2.72. The molecule has 8 heteroatoms. The molecule has 1 N–H and O–H groups in total. The van der Waals surface area contributed by atoms with Crippen molar-refractivity contribution in [3.8, 4) is 0 Å². The number of hydrogen-bond donors (Lipinski definition) is 1. The van der Waals surface area contributed by atoms with E-state index in [1.54, 1.807) is 30.3 Å². The number of esters is 1. The zero-order valence-corrected chi connectivity index (χ0v) is 16.1. The van der Waals surface area contributed by atoms with Gasteiger partial charge in [-0.05, 0) is 42.5 Å². The summed E-state index contributed by atoms with van der Waals surface area (Å²) in [4.78, 5) is 25.3. The number of rotatable bonds is 5. The number of benzene rings is 3. The lowest BCUT2D eigenvalue weighted by Crippen LogP contribution is -2.26. The van der Waals surface area contributed by atoms with Gasteiger partial charge in [-0.3, -0.25) is 4.79 Å². The van der Waals surface area contributed by atoms with Crippen LogP contribution in [-0.2, 0) is 15.7 Å². The highest BCUT2D eigenvalue weighted by Gasteiger charge is 2.31. The molecule has 0 heterocycles. The summed E-state index contributed by atoms with van der Waals surface area (Å²) in [6.45, 7) is 0. The SMILES string of the molecule is O=C(O[C@@H](C(=O)Nc1cccc(C(F)(F)F)c1)c1ccccc1)c1ccc(Cl)cc1. The van der Waals surface area contributed by atoms with E-state index >= 15 is 0 Å². The molecule has 3 rings (SSSR count). The molecule has 0 unspecified atom stereocenters. The Bertz CT molecular complexity index is 1040. The van der Waals surface area contributed by atoms with Crippen molar-refractivity contribution in [1.29, 1.82) is 0 Å². The molecule has 154 valence electrons. The molecule has 0 bridgehead atoms. The number of halogens is 4. The molecule has 1 atom stereocenters. The third-order valence-electron chi connectivity index (χ3n) is 4.10. The third-order valence-corrected chi connectivity index (χ3v) is 4.35. The van der Waals surface area contributed by atoms with Gasteiger partial charge in [0.2, 0.25) is 6.10 Å². The number of carbonyl (C=O) groups excluding carboxylic acids is 2. The summed E-state index contributed by atoms with van der Waals surface area (Å²) in [7, 11) is 0. The van der Waals surface area contributed by atoms with Crippen LogP contribution >= 0.6 is 11.6 Å². The topological polar surface area (TPSA) is 55.4 Å². The molecule has 3 aromatic carbocycles. The van der Waals surface area contributed by atoms with Crippen molar-refractivity contribution in [3.05, 3.63) is 101 Å². The van der Waals surface area contributed by atoms with Crippen molar-refractivity contribution >= 4 is 29.2 Å². The van der Waals surface area contributed by atoms with E-state index in [-0.39, 0.29) is 11.3 Å². The van der Waals surface area contributed by atoms with Gasteiger partial charge in [0.25, 0.3) is 5.91 Å². The van der Waals surface area contributed by atoms with Crippen LogP contribution in [0.5, 0.6) is 0 Å². The molecule has 0 fully saturated rings. The number of anilines is 1. The van der Waals surface area contributed by atoms with Gasteiger partial charge in [0.05, 0.1) is 11.1 Å². The van der Waals surface area contributed by atoms with Gasteiger partial charge in [-0.2, -0.15) is 13.2 Å². The molecule has 0 aliphatic rings. The minimum absolute atomic E-state index is 0.0710. The monoisotopic (exact) mass is 433 g/mol. The molecule has 0 aliphatic carbocycles. The molecule has 0 saturated carbocycles. The molecular weight excluding hydrogens is 419 g/mol. The molecule has 30 heavy (non-hydrogen) atoms. The molecule has 0 aliphatic heterocycles. The van der Waals surface area contributed by atoms with E-state index in [9.17, 15) is 22.8 Å². The summed E-state index contributed by atoms with van der Waals surface area (Å²) in [6.07, 6.45) is -5.93. The standard InChI is InChI=1S/C22H15ClF3NO3/c23-17-11-9-15(10-12-17)21(29)30-19(14-5-2-1-3-6-14)20(28)27-18-8-4-7-16(13-18)22(24,25)26/h1-13,19H,(H,27,28)/t19-/m1/s1. The van der Waals surface area contributed by atoms with Gasteiger partial charge in [0.1, 0.15) is 0 Å². The highest BCUT2D eigenvalue weighted by Crippen LogP contribution is 2.31. The second-order valence-corrected chi connectivity index (χ2v) is 6.71. The summed E-state index contributed by atoms with van der Waals surface area (Å²) < 4.78 is 44.2. The van der Waals surface area contributed by atoms with Crippen LogP contribution in [0.3, 0.4) is 0 Å². The first kappa shape index (κ1) is 21.4. The molecule has 1 amide bonds. The second-order valence-electron chi connectivity index (χ2n) is 6.27. The summed E-state index contributed by atoms with van der Waals surface area (Å²) in [5, 5.41) is 2.81. The zero-order chi connectivity index (χ0) is 21.7. The smallest absolute Gasteiger partial charge is 0.416 e. The van der Waals surface area contributed by atoms with Crippen LogP contribution in [0.15, 0.2) is 78.9 Å². The number of alkyl halides is 3. The van der Waals surface area contributed by atoms with Crippen LogP contribution < -0.4 is 5.32 Å². The van der Waals surface area contributed by atoms with Crippen molar-refractivity contribution in [3.63, 3.8) is 0 Å². The molecule has 0 aromatic heterocycles. The first-order valence-corrected chi connectivity index (χ1v) is 9.11. The second kappa shape index (κ2) is 9.00. The number of hydrogen-bond acceptors (Lipinski definition) is 3. The van der Waals surface area contributed by atoms with Crippen LogP contribution in [0.25, 0.3) is 0 Å². The summed E-state index contributed by atoms with van der Waals surface area (Å²) in [5.74, 6) is -1.57. The minimum Gasteiger partial charge on any atom is -0.444 e. The van der Waals surface area contributed by atoms with Crippen molar-refractivity contribution in [1.82, 2.24) is 0 Å². The minimum atomic E-state index is -4.55. The van der Waals surface area contributed by atoms with Crippen LogP contribution in [0, 0.1) is 0 Å². The molecular formula is C22H15ClF3NO3. The largest absolute Gasteiger partial charge is 0.444 e. The van der Waals surface area contributed by atoms with E-state index in [1.807, 2.05) is 0 Å². The van der Waals surface area contributed by atoms with E-state index in [0.29, 0.717) is 10.6 Å². The summed E-state index contributed by atoms with van der Waals surface area (Å²) in [5.41, 5.74) is -0.440. The zero-order valence-electron chi connectivity index (χ0n) is 15.3. The molecule has 4 nitrogen and oxygen atoms in total. The Morgan fingerprint density at radius 2 is 1.57 bits per heavy atom. The Kier molecular flexibility index (Phi) is 6.42. The Hall–Kier alpha value is -3.32. The predicted molar refractivity (Wildman–Crippen MR) is 106 cm³/mol. The average molecular weight is 434 g/mol. The van der Waals surface area contributed by atoms with Gasteiger partial charge in [-0.1, -0.05) is 48.0 Å². The lowest BCUT2D eigenvalue weighted by molar-refractivity contribution is -0.137. The number of amides is 1. The van der Waals surface area contributed by atoms with Crippen LogP contribution in [-0.4, -0.2) is 11.9 Å². The van der Waals surface area contributed by atoms with Gasteiger partial charge in [-0.25, -0.2) is 4.79 Å². The maximum atomic E-state index is 12.9. The molecule has 0 radical (unpaired) electrons. The molecule has 0 spiro atoms. The van der Waals surface area contributed by atoms with Crippen molar-refractivity contribution < 1.29 is 27.5 Å². The Balaban J connectivity index is 1.85. The number of carbonyl (C=O) groups is 2. The fourth-order valence-corrected chi connectivity index (χ4v) is 2.77. The van der Waals surface area contributed by atoms with Crippen LogP contribution in [0.4, 0.5) is 18.9 Å². The van der Waals surface area contributed by atoms with Crippen molar-refractivity contribution in [2.45, 2.75) is 12.3 Å². The van der Waals surface area contributed by atoms with E-state index in [2.05, 4.69) is 5.32 Å². The van der Waals surface area contributed by atoms with Crippen LogP contribution in [0.1, 0.15) is 27.6 Å². The van der Waals surface area contributed by atoms with Crippen molar-refractivity contribution in [2.75, 3.05) is 5.32 Å². The van der Waals surface area contributed by atoms with Gasteiger partial charge in [0.15, 0.2) is 0 Å². The van der Waals surface area contributed by atoms with Gasteiger partial charge >= 0.3 is 12.1 Å². The van der Waals surface area contributed by atoms with E-state index in [4.69, 9.17) is 16.3 Å². The Labute approximate surface area is 175 Å².